The fraction of sp³-hybridized carbons (Fsp3) is 0.417. The van der Waals surface area contributed by atoms with Crippen molar-refractivity contribution in [1.29, 1.82) is 0 Å². The second kappa shape index (κ2) is 6.20. The highest BCUT2D eigenvalue weighted by Crippen LogP contribution is 2.23. The third-order valence-electron chi connectivity index (χ3n) is 2.41. The molecule has 0 amide bonds. The van der Waals surface area contributed by atoms with Gasteiger partial charge in [-0.05, 0) is 24.2 Å². The number of ether oxygens (including phenoxy) is 1. The second-order valence-electron chi connectivity index (χ2n) is 3.60. The van der Waals surface area contributed by atoms with Crippen molar-refractivity contribution in [3.8, 4) is 5.75 Å². The Labute approximate surface area is 99.4 Å². The van der Waals surface area contributed by atoms with Gasteiger partial charge in [0.1, 0.15) is 0 Å². The summed E-state index contributed by atoms with van der Waals surface area (Å²) >= 11 is 0. The molecular formula is C12H16FNO3. The molecular weight excluding hydrogens is 225 g/mol. The minimum Gasteiger partial charge on any atom is -0.494 e. The lowest BCUT2D eigenvalue weighted by atomic mass is 10.0. The monoisotopic (exact) mass is 241 g/mol. The van der Waals surface area contributed by atoms with Gasteiger partial charge in [-0.2, -0.15) is 0 Å². The lowest BCUT2D eigenvalue weighted by Gasteiger charge is -2.16. The van der Waals surface area contributed by atoms with Crippen LogP contribution in [0.4, 0.5) is 4.39 Å². The summed E-state index contributed by atoms with van der Waals surface area (Å²) in [4.78, 5) is 10.7. The molecule has 94 valence electrons. The molecule has 5 heteroatoms. The maximum absolute atomic E-state index is 13.5. The first-order valence-corrected chi connectivity index (χ1v) is 5.37. The van der Waals surface area contributed by atoms with Gasteiger partial charge in [0.2, 0.25) is 0 Å². The SMILES string of the molecule is CCNC(CC(=O)O)c1ccc(OC)c(F)c1. The van der Waals surface area contributed by atoms with Crippen molar-refractivity contribution in [1.82, 2.24) is 5.32 Å². The van der Waals surface area contributed by atoms with Crippen LogP contribution in [-0.2, 0) is 4.79 Å². The number of benzene rings is 1. The summed E-state index contributed by atoms with van der Waals surface area (Å²) in [6, 6.07) is 4.07. The number of halogens is 1. The minimum atomic E-state index is -0.924. The van der Waals surface area contributed by atoms with E-state index in [1.54, 1.807) is 6.07 Å². The Morgan fingerprint density at radius 1 is 1.59 bits per heavy atom. The first kappa shape index (κ1) is 13.4. The molecule has 0 aliphatic heterocycles. The Hall–Kier alpha value is -1.62. The van der Waals surface area contributed by atoms with Gasteiger partial charge in [0.25, 0.3) is 0 Å². The lowest BCUT2D eigenvalue weighted by molar-refractivity contribution is -0.137. The molecule has 17 heavy (non-hydrogen) atoms. The van der Waals surface area contributed by atoms with Crippen LogP contribution in [0, 0.1) is 5.82 Å². The number of rotatable bonds is 6. The summed E-state index contributed by atoms with van der Waals surface area (Å²) < 4.78 is 18.3. The molecule has 1 rings (SSSR count). The third-order valence-corrected chi connectivity index (χ3v) is 2.41. The molecule has 0 saturated carbocycles. The fourth-order valence-corrected chi connectivity index (χ4v) is 1.63. The smallest absolute Gasteiger partial charge is 0.305 e. The van der Waals surface area contributed by atoms with Gasteiger partial charge in [0.05, 0.1) is 13.5 Å². The summed E-state index contributed by atoms with van der Waals surface area (Å²) in [7, 11) is 1.39. The average Bonchev–Trinajstić information content (AvgIpc) is 2.28. The van der Waals surface area contributed by atoms with Crippen molar-refractivity contribution in [3.05, 3.63) is 29.6 Å². The third kappa shape index (κ3) is 3.71. The predicted molar refractivity (Wildman–Crippen MR) is 61.6 cm³/mol. The molecule has 0 heterocycles. The molecule has 1 aromatic rings. The molecule has 2 N–H and O–H groups in total. The number of carbonyl (C=O) groups is 1. The minimum absolute atomic E-state index is 0.0837. The Kier molecular flexibility index (Phi) is 4.90. The topological polar surface area (TPSA) is 58.6 Å². The maximum Gasteiger partial charge on any atom is 0.305 e. The van der Waals surface area contributed by atoms with Crippen LogP contribution in [0.2, 0.25) is 0 Å². The zero-order valence-corrected chi connectivity index (χ0v) is 9.87. The summed E-state index contributed by atoms with van der Waals surface area (Å²) in [5, 5.41) is 11.8. The molecule has 0 spiro atoms. The molecule has 1 aromatic carbocycles. The van der Waals surface area contributed by atoms with Gasteiger partial charge in [0, 0.05) is 6.04 Å². The van der Waals surface area contributed by atoms with Crippen molar-refractivity contribution in [2.75, 3.05) is 13.7 Å². The average molecular weight is 241 g/mol. The summed E-state index contributed by atoms with van der Waals surface area (Å²) in [6.07, 6.45) is -0.0837. The zero-order chi connectivity index (χ0) is 12.8. The number of aliphatic carboxylic acids is 1. The van der Waals surface area contributed by atoms with Crippen molar-refractivity contribution in [3.63, 3.8) is 0 Å². The highest BCUT2D eigenvalue weighted by molar-refractivity contribution is 5.68. The number of hydrogen-bond acceptors (Lipinski definition) is 3. The number of nitrogens with one attached hydrogen (secondary N) is 1. The van der Waals surface area contributed by atoms with Crippen LogP contribution in [0.15, 0.2) is 18.2 Å². The molecule has 0 aliphatic carbocycles. The standard InChI is InChI=1S/C12H16FNO3/c1-3-14-10(7-12(15)16)8-4-5-11(17-2)9(13)6-8/h4-6,10,14H,3,7H2,1-2H3,(H,15,16). The van der Waals surface area contributed by atoms with E-state index in [9.17, 15) is 9.18 Å². The molecule has 4 nitrogen and oxygen atoms in total. The maximum atomic E-state index is 13.5. The molecule has 0 fully saturated rings. The molecule has 0 aliphatic rings. The largest absolute Gasteiger partial charge is 0.494 e. The van der Waals surface area contributed by atoms with Crippen molar-refractivity contribution in [2.24, 2.45) is 0 Å². The van der Waals surface area contributed by atoms with E-state index >= 15 is 0 Å². The van der Waals surface area contributed by atoms with Crippen molar-refractivity contribution in [2.45, 2.75) is 19.4 Å². The van der Waals surface area contributed by atoms with E-state index < -0.39 is 17.8 Å². The van der Waals surface area contributed by atoms with Gasteiger partial charge >= 0.3 is 5.97 Å². The van der Waals surface area contributed by atoms with Crippen LogP contribution in [0.3, 0.4) is 0 Å². The molecule has 0 radical (unpaired) electrons. The quantitative estimate of drug-likeness (QED) is 0.799. The van der Waals surface area contributed by atoms with E-state index in [-0.39, 0.29) is 12.2 Å². The predicted octanol–water partition coefficient (Wildman–Crippen LogP) is 1.96. The van der Waals surface area contributed by atoms with Gasteiger partial charge in [-0.25, -0.2) is 4.39 Å². The van der Waals surface area contributed by atoms with E-state index in [1.165, 1.54) is 19.2 Å². The fourth-order valence-electron chi connectivity index (χ4n) is 1.63. The van der Waals surface area contributed by atoms with Gasteiger partial charge in [-0.15, -0.1) is 0 Å². The van der Waals surface area contributed by atoms with Crippen LogP contribution < -0.4 is 10.1 Å². The Bertz CT molecular complexity index is 395. The number of methoxy groups -OCH3 is 1. The van der Waals surface area contributed by atoms with Crippen molar-refractivity contribution < 1.29 is 19.0 Å². The zero-order valence-electron chi connectivity index (χ0n) is 9.87. The van der Waals surface area contributed by atoms with Crippen LogP contribution in [0.5, 0.6) is 5.75 Å². The molecule has 0 saturated heterocycles. The van der Waals surface area contributed by atoms with E-state index in [1.807, 2.05) is 6.92 Å². The van der Waals surface area contributed by atoms with Crippen LogP contribution in [0.1, 0.15) is 24.9 Å². The van der Waals surface area contributed by atoms with E-state index in [0.717, 1.165) is 0 Å². The summed E-state index contributed by atoms with van der Waals surface area (Å²) in [6.45, 7) is 2.49. The van der Waals surface area contributed by atoms with Crippen LogP contribution in [-0.4, -0.2) is 24.7 Å². The van der Waals surface area contributed by atoms with Gasteiger partial charge in [-0.3, -0.25) is 4.79 Å². The van der Waals surface area contributed by atoms with Gasteiger partial charge in [0.15, 0.2) is 11.6 Å². The number of carboxylic acids is 1. The summed E-state index contributed by atoms with van der Waals surface area (Å²) in [5.74, 6) is -1.26. The molecule has 0 bridgehead atoms. The highest BCUT2D eigenvalue weighted by Gasteiger charge is 2.16. The molecule has 1 unspecified atom stereocenters. The Balaban J connectivity index is 2.93. The first-order chi connectivity index (χ1) is 8.08. The molecule has 0 aromatic heterocycles. The number of carboxylic acid groups (broad SMARTS) is 1. The molecule has 1 atom stereocenters. The van der Waals surface area contributed by atoms with Crippen LogP contribution >= 0.6 is 0 Å². The van der Waals surface area contributed by atoms with Gasteiger partial charge < -0.3 is 15.2 Å². The number of hydrogen-bond donors (Lipinski definition) is 2. The van der Waals surface area contributed by atoms with E-state index in [2.05, 4.69) is 5.32 Å². The van der Waals surface area contributed by atoms with Crippen LogP contribution in [0.25, 0.3) is 0 Å². The first-order valence-electron chi connectivity index (χ1n) is 5.37. The highest BCUT2D eigenvalue weighted by atomic mass is 19.1. The summed E-state index contributed by atoms with van der Waals surface area (Å²) in [5.41, 5.74) is 0.604. The van der Waals surface area contributed by atoms with Crippen molar-refractivity contribution >= 4 is 5.97 Å². The Morgan fingerprint density at radius 3 is 2.76 bits per heavy atom. The van der Waals surface area contributed by atoms with Gasteiger partial charge in [-0.1, -0.05) is 13.0 Å². The Morgan fingerprint density at radius 2 is 2.29 bits per heavy atom. The second-order valence-corrected chi connectivity index (χ2v) is 3.60. The van der Waals surface area contributed by atoms with E-state index in [0.29, 0.717) is 12.1 Å². The lowest BCUT2D eigenvalue weighted by Crippen LogP contribution is -2.23. The van der Waals surface area contributed by atoms with E-state index in [4.69, 9.17) is 9.84 Å². The normalized spacial score (nSPS) is 12.2.